The Morgan fingerprint density at radius 3 is 2.20 bits per heavy atom. The molecule has 0 fully saturated rings. The Morgan fingerprint density at radius 1 is 0.633 bits per heavy atom. The fourth-order valence-corrected chi connectivity index (χ4v) is 3.73. The zero-order valence-corrected chi connectivity index (χ0v) is 15.7. The quantitative estimate of drug-likeness (QED) is 0.460. The van der Waals surface area contributed by atoms with Crippen LogP contribution in [-0.2, 0) is 0 Å². The summed E-state index contributed by atoms with van der Waals surface area (Å²) in [6.45, 7) is 0. The Balaban J connectivity index is 1.52. The molecule has 30 heavy (non-hydrogen) atoms. The van der Waals surface area contributed by atoms with E-state index in [-0.39, 0.29) is 0 Å². The molecular formula is C23H15N7. The van der Waals surface area contributed by atoms with E-state index in [4.69, 9.17) is 0 Å². The van der Waals surface area contributed by atoms with Crippen molar-refractivity contribution in [3.05, 3.63) is 79.6 Å². The van der Waals surface area contributed by atoms with Gasteiger partial charge in [-0.1, -0.05) is 0 Å². The van der Waals surface area contributed by atoms with E-state index in [1.54, 1.807) is 24.8 Å². The van der Waals surface area contributed by atoms with Gasteiger partial charge in [0.2, 0.25) is 0 Å². The molecule has 0 saturated carbocycles. The third-order valence-corrected chi connectivity index (χ3v) is 5.19. The number of aromatic nitrogens is 7. The summed E-state index contributed by atoms with van der Waals surface area (Å²) in [4.78, 5) is 20.8. The molecule has 0 unspecified atom stereocenters. The number of nitrogens with one attached hydrogen (secondary N) is 2. The summed E-state index contributed by atoms with van der Waals surface area (Å²) in [5.41, 5.74) is 7.49. The second kappa shape index (κ2) is 6.59. The maximum atomic E-state index is 4.59. The summed E-state index contributed by atoms with van der Waals surface area (Å²) in [5, 5.41) is 9.56. The predicted octanol–water partition coefficient (Wildman–Crippen LogP) is 4.63. The van der Waals surface area contributed by atoms with Gasteiger partial charge in [-0.2, -0.15) is 5.10 Å². The minimum atomic E-state index is 0.744. The second-order valence-electron chi connectivity index (χ2n) is 6.97. The van der Waals surface area contributed by atoms with Crippen LogP contribution < -0.4 is 0 Å². The zero-order chi connectivity index (χ0) is 19.9. The first-order valence-corrected chi connectivity index (χ1v) is 9.50. The first-order valence-electron chi connectivity index (χ1n) is 9.50. The summed E-state index contributed by atoms with van der Waals surface area (Å²) >= 11 is 0. The first-order chi connectivity index (χ1) is 14.9. The number of hydrogen-bond acceptors (Lipinski definition) is 5. The molecule has 0 atom stereocenters. The topological polar surface area (TPSA) is 96.0 Å². The van der Waals surface area contributed by atoms with Gasteiger partial charge < -0.3 is 4.98 Å². The van der Waals surface area contributed by atoms with Crippen LogP contribution in [0.1, 0.15) is 0 Å². The molecule has 0 bridgehead atoms. The molecule has 0 radical (unpaired) electrons. The highest BCUT2D eigenvalue weighted by molar-refractivity contribution is 5.99. The van der Waals surface area contributed by atoms with E-state index >= 15 is 0 Å². The number of pyridine rings is 4. The van der Waals surface area contributed by atoms with Crippen LogP contribution in [0.2, 0.25) is 0 Å². The van der Waals surface area contributed by atoms with E-state index in [2.05, 4.69) is 47.2 Å². The molecule has 0 amide bonds. The van der Waals surface area contributed by atoms with Gasteiger partial charge in [-0.25, -0.2) is 4.98 Å². The Labute approximate surface area is 170 Å². The summed E-state index contributed by atoms with van der Waals surface area (Å²) in [7, 11) is 0. The van der Waals surface area contributed by atoms with Gasteiger partial charge in [0.15, 0.2) is 5.65 Å². The van der Waals surface area contributed by atoms with E-state index in [0.29, 0.717) is 0 Å². The molecule has 0 aliphatic rings. The standard InChI is InChI=1S/C23H15N7/c1-6-24-7-2-14(1)16-11-18-22(29-30-23(18)27-13-16)20-12-17-19(28-20)5-10-26-21(17)15-3-8-25-9-4-15/h1-13,28H,(H,27,29,30). The van der Waals surface area contributed by atoms with Crippen LogP contribution in [0.4, 0.5) is 0 Å². The minimum absolute atomic E-state index is 0.744. The molecule has 142 valence electrons. The van der Waals surface area contributed by atoms with Gasteiger partial charge in [0.05, 0.1) is 11.4 Å². The lowest BCUT2D eigenvalue weighted by molar-refractivity contribution is 1.10. The molecule has 0 saturated heterocycles. The lowest BCUT2D eigenvalue weighted by Crippen LogP contribution is -1.84. The van der Waals surface area contributed by atoms with Gasteiger partial charge >= 0.3 is 0 Å². The predicted molar refractivity (Wildman–Crippen MR) is 115 cm³/mol. The van der Waals surface area contributed by atoms with E-state index in [1.807, 2.05) is 42.7 Å². The largest absolute Gasteiger partial charge is 0.353 e. The lowest BCUT2D eigenvalue weighted by Gasteiger charge is -2.01. The Morgan fingerprint density at radius 2 is 1.40 bits per heavy atom. The molecule has 6 heterocycles. The smallest absolute Gasteiger partial charge is 0.155 e. The molecule has 0 spiro atoms. The average Bonchev–Trinajstić information content (AvgIpc) is 3.43. The molecule has 2 N–H and O–H groups in total. The van der Waals surface area contributed by atoms with Gasteiger partial charge in [-0.15, -0.1) is 0 Å². The second-order valence-corrected chi connectivity index (χ2v) is 6.97. The van der Waals surface area contributed by atoms with E-state index in [0.717, 1.165) is 55.7 Å². The zero-order valence-electron chi connectivity index (χ0n) is 15.7. The molecule has 6 rings (SSSR count). The fourth-order valence-electron chi connectivity index (χ4n) is 3.73. The highest BCUT2D eigenvalue weighted by Gasteiger charge is 2.15. The molecular weight excluding hydrogens is 374 g/mol. The van der Waals surface area contributed by atoms with Crippen LogP contribution in [0, 0.1) is 0 Å². The minimum Gasteiger partial charge on any atom is -0.353 e. The summed E-state index contributed by atoms with van der Waals surface area (Å²) < 4.78 is 0. The third kappa shape index (κ3) is 2.64. The number of fused-ring (bicyclic) bond motifs is 2. The van der Waals surface area contributed by atoms with Gasteiger partial charge in [0.25, 0.3) is 0 Å². The number of rotatable bonds is 3. The number of hydrogen-bond donors (Lipinski definition) is 2. The van der Waals surface area contributed by atoms with Crippen molar-refractivity contribution in [1.82, 2.24) is 35.1 Å². The Bertz CT molecular complexity index is 1480. The van der Waals surface area contributed by atoms with Crippen molar-refractivity contribution in [1.29, 1.82) is 0 Å². The van der Waals surface area contributed by atoms with Gasteiger partial charge in [-0.05, 0) is 48.0 Å². The SMILES string of the molecule is c1cc(-c2cnc3[nH]nc(-c4cc5c(-c6ccncc6)nccc5[nH]4)c3c2)ccn1. The van der Waals surface area contributed by atoms with Gasteiger partial charge in [-0.3, -0.25) is 20.1 Å². The van der Waals surface area contributed by atoms with Crippen molar-refractivity contribution < 1.29 is 0 Å². The molecule has 0 aliphatic carbocycles. The van der Waals surface area contributed by atoms with Gasteiger partial charge in [0.1, 0.15) is 5.69 Å². The third-order valence-electron chi connectivity index (χ3n) is 5.19. The lowest BCUT2D eigenvalue weighted by atomic mass is 10.1. The van der Waals surface area contributed by atoms with Crippen molar-refractivity contribution in [2.75, 3.05) is 0 Å². The van der Waals surface area contributed by atoms with Crippen molar-refractivity contribution >= 4 is 21.9 Å². The van der Waals surface area contributed by atoms with Crippen molar-refractivity contribution in [3.63, 3.8) is 0 Å². The monoisotopic (exact) mass is 389 g/mol. The Hall–Kier alpha value is -4.39. The normalized spacial score (nSPS) is 11.3. The molecule has 7 heteroatoms. The fraction of sp³-hybridized carbons (Fsp3) is 0. The molecule has 6 aromatic heterocycles. The maximum absolute atomic E-state index is 4.59. The molecule has 6 aromatic rings. The van der Waals surface area contributed by atoms with Crippen molar-refractivity contribution in [3.8, 4) is 33.8 Å². The van der Waals surface area contributed by atoms with Crippen LogP contribution in [0.5, 0.6) is 0 Å². The molecule has 7 nitrogen and oxygen atoms in total. The number of nitrogens with zero attached hydrogens (tertiary/aromatic N) is 5. The summed E-state index contributed by atoms with van der Waals surface area (Å²) in [5.74, 6) is 0. The van der Waals surface area contributed by atoms with Crippen molar-refractivity contribution in [2.24, 2.45) is 0 Å². The molecule has 0 aliphatic heterocycles. The van der Waals surface area contributed by atoms with E-state index < -0.39 is 0 Å². The summed E-state index contributed by atoms with van der Waals surface area (Å²) in [6.07, 6.45) is 10.8. The van der Waals surface area contributed by atoms with Crippen LogP contribution in [0.15, 0.2) is 79.6 Å². The summed E-state index contributed by atoms with van der Waals surface area (Å²) in [6, 6.07) is 14.0. The van der Waals surface area contributed by atoms with Crippen LogP contribution in [0.3, 0.4) is 0 Å². The van der Waals surface area contributed by atoms with Crippen LogP contribution in [0.25, 0.3) is 55.7 Å². The van der Waals surface area contributed by atoms with E-state index in [9.17, 15) is 0 Å². The Kier molecular flexibility index (Phi) is 3.64. The first kappa shape index (κ1) is 16.6. The molecule has 0 aromatic carbocycles. The maximum Gasteiger partial charge on any atom is 0.155 e. The highest BCUT2D eigenvalue weighted by atomic mass is 15.2. The average molecular weight is 389 g/mol. The number of H-pyrrole nitrogens is 2. The van der Waals surface area contributed by atoms with Crippen LogP contribution in [-0.4, -0.2) is 35.1 Å². The van der Waals surface area contributed by atoms with Crippen molar-refractivity contribution in [2.45, 2.75) is 0 Å². The van der Waals surface area contributed by atoms with Gasteiger partial charge in [0, 0.05) is 64.6 Å². The number of aromatic amines is 2. The highest BCUT2D eigenvalue weighted by Crippen LogP contribution is 2.33. The van der Waals surface area contributed by atoms with E-state index in [1.165, 1.54) is 0 Å². The van der Waals surface area contributed by atoms with Crippen LogP contribution >= 0.6 is 0 Å².